The lowest BCUT2D eigenvalue weighted by molar-refractivity contribution is 0.0686. The van der Waals surface area contributed by atoms with Crippen LogP contribution >= 0.6 is 0 Å². The van der Waals surface area contributed by atoms with Crippen LogP contribution in [-0.2, 0) is 0 Å². The van der Waals surface area contributed by atoms with E-state index < -0.39 is 11.9 Å². The molecule has 0 aliphatic heterocycles. The third-order valence-electron chi connectivity index (χ3n) is 2.70. The molecule has 2 rings (SSSR count). The van der Waals surface area contributed by atoms with Crippen molar-refractivity contribution in [2.75, 3.05) is 0 Å². The Hall–Kier alpha value is -3.50. The molecule has 0 amide bonds. The largest absolute Gasteiger partial charge is 0.478 e. The number of carboxylic acid groups (broad SMARTS) is 2. The molecule has 0 saturated carbocycles. The van der Waals surface area contributed by atoms with Crippen LogP contribution in [0.5, 0.6) is 0 Å². The van der Waals surface area contributed by atoms with Crippen molar-refractivity contribution in [1.82, 2.24) is 0 Å². The van der Waals surface area contributed by atoms with Crippen molar-refractivity contribution in [3.63, 3.8) is 0 Å². The molecule has 0 saturated heterocycles. The van der Waals surface area contributed by atoms with Gasteiger partial charge in [0.25, 0.3) is 0 Å². The average Bonchev–Trinajstić information content (AvgIpc) is 2.52. The van der Waals surface area contributed by atoms with Crippen LogP contribution in [0.3, 0.4) is 0 Å². The van der Waals surface area contributed by atoms with Crippen LogP contribution in [0.4, 0.5) is 0 Å². The molecule has 0 heterocycles. The lowest BCUT2D eigenvalue weighted by Gasteiger charge is -1.94. The van der Waals surface area contributed by atoms with Gasteiger partial charge in [-0.2, -0.15) is 0 Å². The summed E-state index contributed by atoms with van der Waals surface area (Å²) < 4.78 is 0. The second kappa shape index (κ2) is 6.78. The van der Waals surface area contributed by atoms with E-state index in [4.69, 9.17) is 10.2 Å². The van der Waals surface area contributed by atoms with Gasteiger partial charge in [0, 0.05) is 11.1 Å². The van der Waals surface area contributed by atoms with Gasteiger partial charge in [-0.1, -0.05) is 24.0 Å². The molecule has 0 aromatic heterocycles. The SMILES string of the molecule is O=C(O)c1cccc(C#CC#Cc2cccc(C(=O)O)c2)c1. The molecule has 0 unspecified atom stereocenters. The minimum absolute atomic E-state index is 0.161. The van der Waals surface area contributed by atoms with Crippen molar-refractivity contribution >= 4 is 11.9 Å². The van der Waals surface area contributed by atoms with Gasteiger partial charge in [0.2, 0.25) is 0 Å². The predicted octanol–water partition coefficient (Wildman–Crippen LogP) is 2.49. The summed E-state index contributed by atoms with van der Waals surface area (Å²) in [6.45, 7) is 0. The van der Waals surface area contributed by atoms with Gasteiger partial charge in [-0.15, -0.1) is 0 Å². The number of hydrogen-bond acceptors (Lipinski definition) is 2. The first-order valence-electron chi connectivity index (χ1n) is 6.25. The van der Waals surface area contributed by atoms with Gasteiger partial charge < -0.3 is 10.2 Å². The molecule has 22 heavy (non-hydrogen) atoms. The van der Waals surface area contributed by atoms with E-state index in [1.807, 2.05) is 0 Å². The van der Waals surface area contributed by atoms with Crippen molar-refractivity contribution in [2.45, 2.75) is 0 Å². The molecule has 2 N–H and O–H groups in total. The predicted molar refractivity (Wildman–Crippen MR) is 80.6 cm³/mol. The first kappa shape index (κ1) is 14.9. The summed E-state index contributed by atoms with van der Waals surface area (Å²) in [5.41, 5.74) is 1.42. The van der Waals surface area contributed by atoms with E-state index in [0.717, 1.165) is 0 Å². The number of hydrogen-bond donors (Lipinski definition) is 2. The fourth-order valence-electron chi connectivity index (χ4n) is 1.67. The minimum atomic E-state index is -1.01. The van der Waals surface area contributed by atoms with Gasteiger partial charge >= 0.3 is 11.9 Å². The maximum absolute atomic E-state index is 10.8. The Labute approximate surface area is 127 Å². The Kier molecular flexibility index (Phi) is 4.59. The van der Waals surface area contributed by atoms with Crippen LogP contribution in [0.2, 0.25) is 0 Å². The summed E-state index contributed by atoms with van der Waals surface area (Å²) in [4.78, 5) is 21.7. The quantitative estimate of drug-likeness (QED) is 0.833. The van der Waals surface area contributed by atoms with E-state index in [-0.39, 0.29) is 11.1 Å². The van der Waals surface area contributed by atoms with Crippen molar-refractivity contribution in [3.05, 3.63) is 70.8 Å². The van der Waals surface area contributed by atoms with E-state index >= 15 is 0 Å². The molecule has 2 aromatic carbocycles. The highest BCUT2D eigenvalue weighted by Crippen LogP contribution is 2.04. The number of carbonyl (C=O) groups is 2. The monoisotopic (exact) mass is 290 g/mol. The van der Waals surface area contributed by atoms with Gasteiger partial charge in [0.05, 0.1) is 11.1 Å². The van der Waals surface area contributed by atoms with Crippen molar-refractivity contribution in [2.24, 2.45) is 0 Å². The molecular formula is C18H10O4. The standard InChI is InChI=1S/C18H10O4/c19-17(20)15-9-3-7-13(11-15)5-1-2-6-14-8-4-10-16(12-14)18(21)22/h3-4,7-12H,(H,19,20)(H,21,22). The first-order valence-corrected chi connectivity index (χ1v) is 6.25. The van der Waals surface area contributed by atoms with Crippen LogP contribution in [-0.4, -0.2) is 22.2 Å². The molecule has 4 nitrogen and oxygen atoms in total. The topological polar surface area (TPSA) is 74.6 Å². The highest BCUT2D eigenvalue weighted by Gasteiger charge is 2.01. The Morgan fingerprint density at radius 3 is 1.50 bits per heavy atom. The zero-order chi connectivity index (χ0) is 15.9. The first-order chi connectivity index (χ1) is 10.6. The fraction of sp³-hybridized carbons (Fsp3) is 0. The van der Waals surface area contributed by atoms with Gasteiger partial charge in [0.15, 0.2) is 0 Å². The second-order valence-electron chi connectivity index (χ2n) is 4.27. The van der Waals surface area contributed by atoms with E-state index in [1.54, 1.807) is 24.3 Å². The number of benzene rings is 2. The zero-order valence-corrected chi connectivity index (χ0v) is 11.3. The second-order valence-corrected chi connectivity index (χ2v) is 4.27. The maximum Gasteiger partial charge on any atom is 0.335 e. The van der Waals surface area contributed by atoms with Crippen LogP contribution in [0, 0.1) is 23.7 Å². The van der Waals surface area contributed by atoms with Crippen LogP contribution in [0.15, 0.2) is 48.5 Å². The van der Waals surface area contributed by atoms with E-state index in [2.05, 4.69) is 23.7 Å². The summed E-state index contributed by atoms with van der Waals surface area (Å²) in [6, 6.07) is 12.5. The number of carboxylic acids is 2. The third-order valence-corrected chi connectivity index (χ3v) is 2.70. The molecule has 0 fully saturated rings. The number of rotatable bonds is 2. The molecule has 0 bridgehead atoms. The molecule has 106 valence electrons. The molecule has 0 atom stereocenters. The lowest BCUT2D eigenvalue weighted by atomic mass is 10.1. The smallest absolute Gasteiger partial charge is 0.335 e. The normalized spacial score (nSPS) is 8.91. The fourth-order valence-corrected chi connectivity index (χ4v) is 1.67. The van der Waals surface area contributed by atoms with E-state index in [1.165, 1.54) is 24.3 Å². The average molecular weight is 290 g/mol. The van der Waals surface area contributed by atoms with E-state index in [9.17, 15) is 9.59 Å². The third kappa shape index (κ3) is 4.00. The lowest BCUT2D eigenvalue weighted by Crippen LogP contribution is -1.95. The van der Waals surface area contributed by atoms with Gasteiger partial charge in [-0.3, -0.25) is 0 Å². The van der Waals surface area contributed by atoms with Gasteiger partial charge in [-0.05, 0) is 48.2 Å². The molecule has 0 radical (unpaired) electrons. The van der Waals surface area contributed by atoms with Gasteiger partial charge in [0.1, 0.15) is 0 Å². The maximum atomic E-state index is 10.8. The minimum Gasteiger partial charge on any atom is -0.478 e. The van der Waals surface area contributed by atoms with Gasteiger partial charge in [-0.25, -0.2) is 9.59 Å². The van der Waals surface area contributed by atoms with Crippen LogP contribution in [0.1, 0.15) is 31.8 Å². The summed E-state index contributed by atoms with van der Waals surface area (Å²) >= 11 is 0. The van der Waals surface area contributed by atoms with Crippen molar-refractivity contribution in [1.29, 1.82) is 0 Å². The molecule has 2 aromatic rings. The highest BCUT2D eigenvalue weighted by atomic mass is 16.4. The Balaban J connectivity index is 2.18. The molecule has 0 spiro atoms. The summed E-state index contributed by atoms with van der Waals surface area (Å²) in [5, 5.41) is 17.8. The van der Waals surface area contributed by atoms with Crippen molar-refractivity contribution in [3.8, 4) is 23.7 Å². The molecule has 0 aliphatic rings. The summed E-state index contributed by atoms with van der Waals surface area (Å²) in [5.74, 6) is 8.69. The molecular weight excluding hydrogens is 280 g/mol. The summed E-state index contributed by atoms with van der Waals surface area (Å²) in [7, 11) is 0. The molecule has 0 aliphatic carbocycles. The number of aromatic carboxylic acids is 2. The zero-order valence-electron chi connectivity index (χ0n) is 11.3. The Morgan fingerprint density at radius 2 is 1.14 bits per heavy atom. The highest BCUT2D eigenvalue weighted by molar-refractivity contribution is 5.88. The van der Waals surface area contributed by atoms with Crippen LogP contribution in [0.25, 0.3) is 0 Å². The Bertz CT molecular complexity index is 784. The van der Waals surface area contributed by atoms with Crippen molar-refractivity contribution < 1.29 is 19.8 Å². The van der Waals surface area contributed by atoms with Crippen LogP contribution < -0.4 is 0 Å². The molecule has 4 heteroatoms. The van der Waals surface area contributed by atoms with E-state index in [0.29, 0.717) is 11.1 Å². The summed E-state index contributed by atoms with van der Waals surface area (Å²) in [6.07, 6.45) is 0. The Morgan fingerprint density at radius 1 is 0.727 bits per heavy atom.